The van der Waals surface area contributed by atoms with Crippen LogP contribution in [-0.2, 0) is 15.6 Å². The number of amidine groups is 1. The molecule has 1 amide bonds. The molecule has 166 valence electrons. The van der Waals surface area contributed by atoms with E-state index in [0.717, 1.165) is 4.31 Å². The summed E-state index contributed by atoms with van der Waals surface area (Å²) in [6.45, 7) is 4.37. The Bertz CT molecular complexity index is 1170. The zero-order valence-electron chi connectivity index (χ0n) is 17.5. The summed E-state index contributed by atoms with van der Waals surface area (Å²) in [6, 6.07) is 6.98. The van der Waals surface area contributed by atoms with Gasteiger partial charge in [0, 0.05) is 31.0 Å². The molecule has 0 fully saturated rings. The molecule has 0 unspecified atom stereocenters. The number of hydrogen-bond donors (Lipinski definition) is 2. The fourth-order valence-electron chi connectivity index (χ4n) is 3.34. The molecule has 0 spiro atoms. The average Bonchev–Trinajstić information content (AvgIpc) is 2.72. The lowest BCUT2D eigenvalue weighted by molar-refractivity contribution is 0.102. The maximum absolute atomic E-state index is 14.9. The topological polar surface area (TPSA) is 118 Å². The fraction of sp³-hybridized carbons (Fsp3) is 0.350. The zero-order chi connectivity index (χ0) is 23.2. The van der Waals surface area contributed by atoms with Crippen molar-refractivity contribution in [3.05, 3.63) is 58.6 Å². The molecule has 0 radical (unpaired) electrons. The van der Waals surface area contributed by atoms with Crippen molar-refractivity contribution in [2.75, 3.05) is 18.9 Å². The molecule has 2 aromatic rings. The highest BCUT2D eigenvalue weighted by Gasteiger charge is 2.48. The highest BCUT2D eigenvalue weighted by Crippen LogP contribution is 2.36. The minimum Gasteiger partial charge on any atom is -0.386 e. The van der Waals surface area contributed by atoms with Gasteiger partial charge in [-0.1, -0.05) is 11.6 Å². The Morgan fingerprint density at radius 2 is 1.94 bits per heavy atom. The number of aliphatic imine (C=N–C) groups is 1. The van der Waals surface area contributed by atoms with Crippen LogP contribution in [0, 0.1) is 5.82 Å². The van der Waals surface area contributed by atoms with Gasteiger partial charge in [-0.25, -0.2) is 22.1 Å². The minimum atomic E-state index is -3.82. The molecular formula is C20H23ClFN5O3S. The number of likely N-dealkylation sites (N-methyl/N-ethyl adjacent to an activating group) is 1. The van der Waals surface area contributed by atoms with E-state index in [1.165, 1.54) is 57.4 Å². The van der Waals surface area contributed by atoms with Gasteiger partial charge in [0.2, 0.25) is 10.0 Å². The van der Waals surface area contributed by atoms with Crippen LogP contribution in [0.4, 0.5) is 10.1 Å². The van der Waals surface area contributed by atoms with Gasteiger partial charge in [0.15, 0.2) is 0 Å². The van der Waals surface area contributed by atoms with E-state index < -0.39 is 32.0 Å². The number of nitrogens with zero attached hydrogens (tertiary/aromatic N) is 3. The van der Waals surface area contributed by atoms with Crippen molar-refractivity contribution in [3.63, 3.8) is 0 Å². The first-order valence-corrected chi connectivity index (χ1v) is 11.1. The first-order valence-electron chi connectivity index (χ1n) is 9.32. The third kappa shape index (κ3) is 4.15. The maximum Gasteiger partial charge on any atom is 0.274 e. The Labute approximate surface area is 185 Å². The van der Waals surface area contributed by atoms with Gasteiger partial charge in [0.1, 0.15) is 27.6 Å². The summed E-state index contributed by atoms with van der Waals surface area (Å²) < 4.78 is 40.2. The number of hydrogen-bond acceptors (Lipinski definition) is 6. The molecule has 0 aliphatic carbocycles. The van der Waals surface area contributed by atoms with Crippen molar-refractivity contribution < 1.29 is 17.6 Å². The van der Waals surface area contributed by atoms with Gasteiger partial charge in [0.25, 0.3) is 5.91 Å². The number of benzene rings is 1. The first-order chi connectivity index (χ1) is 14.3. The van der Waals surface area contributed by atoms with Crippen molar-refractivity contribution in [1.29, 1.82) is 0 Å². The van der Waals surface area contributed by atoms with Crippen LogP contribution in [0.2, 0.25) is 5.02 Å². The maximum atomic E-state index is 14.9. The third-order valence-corrected chi connectivity index (χ3v) is 8.01. The number of carbonyl (C=O) groups excluding carboxylic acids is 1. The number of aromatic nitrogens is 1. The van der Waals surface area contributed by atoms with Gasteiger partial charge in [-0.2, -0.15) is 0 Å². The van der Waals surface area contributed by atoms with E-state index in [1.807, 2.05) is 0 Å². The zero-order valence-corrected chi connectivity index (χ0v) is 19.1. The summed E-state index contributed by atoms with van der Waals surface area (Å²) in [7, 11) is -2.42. The molecule has 1 aliphatic heterocycles. The van der Waals surface area contributed by atoms with Crippen LogP contribution in [0.15, 0.2) is 41.5 Å². The monoisotopic (exact) mass is 467 g/mol. The van der Waals surface area contributed by atoms with Crippen molar-refractivity contribution in [1.82, 2.24) is 9.29 Å². The molecule has 1 aliphatic rings. The van der Waals surface area contributed by atoms with E-state index in [9.17, 15) is 17.6 Å². The number of rotatable bonds is 3. The van der Waals surface area contributed by atoms with E-state index in [1.54, 1.807) is 6.92 Å². The van der Waals surface area contributed by atoms with Crippen LogP contribution in [-0.4, -0.2) is 47.8 Å². The van der Waals surface area contributed by atoms with Crippen LogP contribution in [0.25, 0.3) is 0 Å². The van der Waals surface area contributed by atoms with Crippen LogP contribution in [0.1, 0.15) is 36.8 Å². The molecule has 3 N–H and O–H groups in total. The fourth-order valence-corrected chi connectivity index (χ4v) is 4.96. The number of anilines is 1. The van der Waals surface area contributed by atoms with Crippen molar-refractivity contribution in [3.8, 4) is 0 Å². The van der Waals surface area contributed by atoms with Gasteiger partial charge in [-0.05, 0) is 51.1 Å². The summed E-state index contributed by atoms with van der Waals surface area (Å²) in [6.07, 6.45) is 1.34. The number of amides is 1. The van der Waals surface area contributed by atoms with Gasteiger partial charge in [0.05, 0.1) is 5.02 Å². The lowest BCUT2D eigenvalue weighted by Crippen LogP contribution is -2.50. The summed E-state index contributed by atoms with van der Waals surface area (Å²) in [4.78, 5) is 20.8. The molecule has 0 saturated heterocycles. The molecule has 2 heterocycles. The predicted molar refractivity (Wildman–Crippen MR) is 118 cm³/mol. The first kappa shape index (κ1) is 23.1. The number of nitrogens with one attached hydrogen (secondary N) is 1. The van der Waals surface area contributed by atoms with Gasteiger partial charge >= 0.3 is 0 Å². The quantitative estimate of drug-likeness (QED) is 0.719. The largest absolute Gasteiger partial charge is 0.386 e. The van der Waals surface area contributed by atoms with Crippen LogP contribution in [0.5, 0.6) is 0 Å². The normalized spacial score (nSPS) is 23.0. The van der Waals surface area contributed by atoms with E-state index in [-0.39, 0.29) is 23.6 Å². The Morgan fingerprint density at radius 3 is 2.55 bits per heavy atom. The Hall–Kier alpha value is -2.56. The average molecular weight is 468 g/mol. The van der Waals surface area contributed by atoms with Gasteiger partial charge in [-0.3, -0.25) is 9.79 Å². The number of nitrogens with two attached hydrogens (primary N) is 1. The second-order valence-electron chi connectivity index (χ2n) is 8.05. The molecule has 0 bridgehead atoms. The second-order valence-corrected chi connectivity index (χ2v) is 11.1. The molecule has 3 rings (SSSR count). The lowest BCUT2D eigenvalue weighted by atomic mass is 9.91. The van der Waals surface area contributed by atoms with Crippen molar-refractivity contribution in [2.45, 2.75) is 31.1 Å². The van der Waals surface area contributed by atoms with Crippen molar-refractivity contribution >= 4 is 39.1 Å². The summed E-state index contributed by atoms with van der Waals surface area (Å²) in [5, 5.41) is 3.04. The van der Waals surface area contributed by atoms with E-state index in [2.05, 4.69) is 15.3 Å². The Kier molecular flexibility index (Phi) is 5.85. The lowest BCUT2D eigenvalue weighted by Gasteiger charge is -2.29. The van der Waals surface area contributed by atoms with Crippen LogP contribution >= 0.6 is 11.6 Å². The standard InChI is InChI=1S/C20H23ClFN5O3S/c1-19(2)18(23)26-20(3,11-27(4)31(19,29)30)14-9-13(6-7-15(14)22)25-17(28)16-8-5-12(21)10-24-16/h5-10H,11H2,1-4H3,(H2,23,26)(H,25,28)/t20-/m0/s1. The number of carbonyl (C=O) groups is 1. The summed E-state index contributed by atoms with van der Waals surface area (Å²) in [5.41, 5.74) is 5.26. The third-order valence-electron chi connectivity index (χ3n) is 5.33. The Morgan fingerprint density at radius 1 is 1.26 bits per heavy atom. The molecule has 11 heteroatoms. The SMILES string of the molecule is CN1C[C@@](C)(c2cc(NC(=O)c3ccc(Cl)cn3)ccc2F)N=C(N)C(C)(C)S1(=O)=O. The number of sulfonamides is 1. The molecule has 1 atom stereocenters. The van der Waals surface area contributed by atoms with Crippen LogP contribution < -0.4 is 11.1 Å². The molecule has 0 saturated carbocycles. The smallest absolute Gasteiger partial charge is 0.274 e. The van der Waals surface area contributed by atoms with Gasteiger partial charge in [-0.15, -0.1) is 0 Å². The highest BCUT2D eigenvalue weighted by molar-refractivity contribution is 7.91. The number of pyridine rings is 1. The minimum absolute atomic E-state index is 0.0945. The number of halogens is 2. The summed E-state index contributed by atoms with van der Waals surface area (Å²) in [5.74, 6) is -1.24. The highest BCUT2D eigenvalue weighted by atomic mass is 35.5. The molecule has 1 aromatic heterocycles. The molecule has 8 nitrogen and oxygen atoms in total. The van der Waals surface area contributed by atoms with E-state index in [0.29, 0.717) is 10.7 Å². The van der Waals surface area contributed by atoms with Crippen LogP contribution in [0.3, 0.4) is 0 Å². The molecular weight excluding hydrogens is 445 g/mol. The summed E-state index contributed by atoms with van der Waals surface area (Å²) >= 11 is 5.79. The van der Waals surface area contributed by atoms with E-state index >= 15 is 0 Å². The van der Waals surface area contributed by atoms with Crippen molar-refractivity contribution in [2.24, 2.45) is 10.7 Å². The Balaban J connectivity index is 2.02. The van der Waals surface area contributed by atoms with E-state index in [4.69, 9.17) is 17.3 Å². The molecule has 1 aromatic carbocycles. The molecule has 31 heavy (non-hydrogen) atoms. The second kappa shape index (κ2) is 7.85. The predicted octanol–water partition coefficient (Wildman–Crippen LogP) is 2.75. The van der Waals surface area contributed by atoms with Gasteiger partial charge < -0.3 is 11.1 Å².